The van der Waals surface area contributed by atoms with E-state index in [2.05, 4.69) is 19.9 Å². The van der Waals surface area contributed by atoms with Gasteiger partial charge < -0.3 is 19.1 Å². The topological polar surface area (TPSA) is 137 Å². The number of hydrogen-bond donors (Lipinski definition) is 0. The van der Waals surface area contributed by atoms with Crippen molar-refractivity contribution in [3.8, 4) is 22.2 Å². The zero-order chi connectivity index (χ0) is 30.7. The molecule has 1 aromatic carbocycles. The summed E-state index contributed by atoms with van der Waals surface area (Å²) in [5.41, 5.74) is 2.41. The second-order valence-electron chi connectivity index (χ2n) is 10.3. The number of thiazole rings is 1. The van der Waals surface area contributed by atoms with Gasteiger partial charge in [0.1, 0.15) is 11.4 Å². The minimum absolute atomic E-state index is 0.158. The molecule has 1 aliphatic heterocycles. The van der Waals surface area contributed by atoms with E-state index in [1.54, 1.807) is 42.7 Å². The van der Waals surface area contributed by atoms with Crippen LogP contribution in [0.5, 0.6) is 11.6 Å². The maximum atomic E-state index is 13.8. The first-order valence-electron chi connectivity index (χ1n) is 14.3. The van der Waals surface area contributed by atoms with Crippen LogP contribution in [0.25, 0.3) is 10.6 Å². The van der Waals surface area contributed by atoms with Gasteiger partial charge in [-0.3, -0.25) is 19.1 Å². The molecule has 0 spiro atoms. The SMILES string of the molecule is CCOc1cncc(-c2cnc(C(=O)N3CCOCC3c3cc(N(Cc4ccc(OC)cc4)S(=O)(=O)C4CC4)ccn3)s2)n1. The number of anilines is 1. The van der Waals surface area contributed by atoms with Crippen molar-refractivity contribution < 1.29 is 27.4 Å². The van der Waals surface area contributed by atoms with E-state index in [-0.39, 0.29) is 19.1 Å². The third kappa shape index (κ3) is 6.37. The molecule has 0 N–H and O–H groups in total. The van der Waals surface area contributed by atoms with Crippen molar-refractivity contribution in [2.75, 3.05) is 37.8 Å². The predicted octanol–water partition coefficient (Wildman–Crippen LogP) is 4.11. The van der Waals surface area contributed by atoms with Crippen molar-refractivity contribution in [3.05, 3.63) is 77.5 Å². The number of hydrogen-bond acceptors (Lipinski definition) is 11. The molecule has 6 rings (SSSR count). The largest absolute Gasteiger partial charge is 0.497 e. The number of ether oxygens (including phenoxy) is 3. The summed E-state index contributed by atoms with van der Waals surface area (Å²) in [6.45, 7) is 3.40. The molecule has 1 atom stereocenters. The highest BCUT2D eigenvalue weighted by molar-refractivity contribution is 7.93. The minimum atomic E-state index is -3.61. The van der Waals surface area contributed by atoms with Gasteiger partial charge in [0.25, 0.3) is 5.91 Å². The van der Waals surface area contributed by atoms with Crippen molar-refractivity contribution in [2.45, 2.75) is 37.6 Å². The minimum Gasteiger partial charge on any atom is -0.497 e. The number of pyridine rings is 1. The Morgan fingerprint density at radius 2 is 1.95 bits per heavy atom. The number of rotatable bonds is 11. The fourth-order valence-electron chi connectivity index (χ4n) is 4.94. The molecule has 1 unspecified atom stereocenters. The van der Waals surface area contributed by atoms with Gasteiger partial charge >= 0.3 is 0 Å². The monoisotopic (exact) mass is 636 g/mol. The molecule has 3 aromatic heterocycles. The number of benzene rings is 1. The number of aromatic nitrogens is 4. The van der Waals surface area contributed by atoms with E-state index in [1.807, 2.05) is 31.2 Å². The van der Waals surface area contributed by atoms with Crippen molar-refractivity contribution in [2.24, 2.45) is 0 Å². The second kappa shape index (κ2) is 12.8. The van der Waals surface area contributed by atoms with Crippen LogP contribution in [-0.4, -0.2) is 77.9 Å². The van der Waals surface area contributed by atoms with Crippen LogP contribution >= 0.6 is 11.3 Å². The van der Waals surface area contributed by atoms with E-state index in [0.717, 1.165) is 5.56 Å². The van der Waals surface area contributed by atoms with Crippen LogP contribution in [0, 0.1) is 0 Å². The Bertz CT molecular complexity index is 1730. The quantitative estimate of drug-likeness (QED) is 0.236. The molecule has 12 nitrogen and oxygen atoms in total. The van der Waals surface area contributed by atoms with Crippen molar-refractivity contribution in [3.63, 3.8) is 0 Å². The maximum absolute atomic E-state index is 13.8. The third-order valence-electron chi connectivity index (χ3n) is 7.37. The van der Waals surface area contributed by atoms with E-state index < -0.39 is 21.3 Å². The summed E-state index contributed by atoms with van der Waals surface area (Å²) < 4.78 is 45.1. The number of nitrogens with zero attached hydrogens (tertiary/aromatic N) is 6. The normalized spacial score (nSPS) is 16.9. The zero-order valence-electron chi connectivity index (χ0n) is 24.3. The van der Waals surface area contributed by atoms with Crippen LogP contribution < -0.4 is 13.8 Å². The van der Waals surface area contributed by atoms with Gasteiger partial charge in [-0.15, -0.1) is 11.3 Å². The van der Waals surface area contributed by atoms with Gasteiger partial charge in [-0.25, -0.2) is 18.4 Å². The van der Waals surface area contributed by atoms with E-state index in [9.17, 15) is 13.2 Å². The highest BCUT2D eigenvalue weighted by Crippen LogP contribution is 2.36. The molecule has 4 aromatic rings. The average Bonchev–Trinajstić information content (AvgIpc) is 3.81. The van der Waals surface area contributed by atoms with Gasteiger partial charge in [0.05, 0.1) is 73.4 Å². The molecule has 44 heavy (non-hydrogen) atoms. The molecule has 14 heteroatoms. The van der Waals surface area contributed by atoms with E-state index in [1.165, 1.54) is 21.8 Å². The molecule has 4 heterocycles. The summed E-state index contributed by atoms with van der Waals surface area (Å²) in [6.07, 6.45) is 7.59. The van der Waals surface area contributed by atoms with Crippen molar-refractivity contribution in [1.29, 1.82) is 0 Å². The Labute approximate surface area is 259 Å². The van der Waals surface area contributed by atoms with Gasteiger partial charge in [0.15, 0.2) is 5.01 Å². The first-order chi connectivity index (χ1) is 21.4. The predicted molar refractivity (Wildman–Crippen MR) is 164 cm³/mol. The van der Waals surface area contributed by atoms with Crippen LogP contribution in [0.1, 0.15) is 46.9 Å². The van der Waals surface area contributed by atoms with Gasteiger partial charge in [0, 0.05) is 18.9 Å². The van der Waals surface area contributed by atoms with E-state index in [0.29, 0.717) is 71.2 Å². The highest BCUT2D eigenvalue weighted by atomic mass is 32.2. The number of sulfonamides is 1. The lowest BCUT2D eigenvalue weighted by Crippen LogP contribution is -2.43. The molecule has 1 saturated heterocycles. The van der Waals surface area contributed by atoms with Crippen LogP contribution in [-0.2, 0) is 21.3 Å². The average molecular weight is 637 g/mol. The Hall–Kier alpha value is -4.14. The standard InChI is InChI=1S/C30H32N6O6S2/c1-3-42-28-17-31-15-25(34-28)27-16-33-29(43-27)30(37)35-12-13-41-19-26(35)24-14-21(10-11-32-24)36(44(38,39)23-8-9-23)18-20-4-6-22(40-2)7-5-20/h4-7,10-11,14-17,23,26H,3,8-9,12-13,18-19H2,1-2H3. The number of morpholine rings is 1. The molecule has 230 valence electrons. The van der Waals surface area contributed by atoms with Gasteiger partial charge in [0.2, 0.25) is 15.9 Å². The summed E-state index contributed by atoms with van der Waals surface area (Å²) >= 11 is 1.22. The number of amides is 1. The zero-order valence-corrected chi connectivity index (χ0v) is 26.0. The molecule has 1 saturated carbocycles. The summed E-state index contributed by atoms with van der Waals surface area (Å²) in [4.78, 5) is 33.7. The lowest BCUT2D eigenvalue weighted by molar-refractivity contribution is -0.00390. The molecule has 1 aliphatic carbocycles. The van der Waals surface area contributed by atoms with Crippen LogP contribution in [0.15, 0.2) is 61.2 Å². The van der Waals surface area contributed by atoms with E-state index in [4.69, 9.17) is 14.2 Å². The first-order valence-corrected chi connectivity index (χ1v) is 16.6. The molecule has 0 radical (unpaired) electrons. The van der Waals surface area contributed by atoms with Crippen molar-refractivity contribution in [1.82, 2.24) is 24.8 Å². The Balaban J connectivity index is 1.27. The number of carbonyl (C=O) groups excluding carboxylic acids is 1. The Kier molecular flexibility index (Phi) is 8.73. The third-order valence-corrected chi connectivity index (χ3v) is 10.6. The first kappa shape index (κ1) is 29.9. The smallest absolute Gasteiger partial charge is 0.283 e. The van der Waals surface area contributed by atoms with Gasteiger partial charge in [-0.05, 0) is 49.6 Å². The molecule has 2 aliphatic rings. The van der Waals surface area contributed by atoms with Gasteiger partial charge in [-0.2, -0.15) is 0 Å². The Morgan fingerprint density at radius 3 is 2.70 bits per heavy atom. The molecular weight excluding hydrogens is 605 g/mol. The summed E-state index contributed by atoms with van der Waals surface area (Å²) in [5.74, 6) is 0.824. The number of carbonyl (C=O) groups is 1. The fraction of sp³-hybridized carbons (Fsp3) is 0.367. The maximum Gasteiger partial charge on any atom is 0.283 e. The molecule has 2 fully saturated rings. The summed E-state index contributed by atoms with van der Waals surface area (Å²) in [6, 6.07) is 10.2. The molecular formula is C30H32N6O6S2. The summed E-state index contributed by atoms with van der Waals surface area (Å²) in [5, 5.41) is -0.115. The van der Waals surface area contributed by atoms with Crippen LogP contribution in [0.2, 0.25) is 0 Å². The number of methoxy groups -OCH3 is 1. The van der Waals surface area contributed by atoms with Gasteiger partial charge in [-0.1, -0.05) is 12.1 Å². The van der Waals surface area contributed by atoms with E-state index >= 15 is 0 Å². The summed E-state index contributed by atoms with van der Waals surface area (Å²) in [7, 11) is -2.02. The second-order valence-corrected chi connectivity index (χ2v) is 13.5. The highest BCUT2D eigenvalue weighted by Gasteiger charge is 2.41. The molecule has 1 amide bonds. The lowest BCUT2D eigenvalue weighted by Gasteiger charge is -2.35. The lowest BCUT2D eigenvalue weighted by atomic mass is 10.1. The Morgan fingerprint density at radius 1 is 1.14 bits per heavy atom. The van der Waals surface area contributed by atoms with Crippen LogP contribution in [0.3, 0.4) is 0 Å². The van der Waals surface area contributed by atoms with Crippen LogP contribution in [0.4, 0.5) is 5.69 Å². The van der Waals surface area contributed by atoms with Crippen molar-refractivity contribution >= 4 is 33.0 Å². The molecule has 0 bridgehead atoms. The fourth-order valence-corrected chi connectivity index (χ4v) is 7.59.